The molecule has 2 rings (SSSR count). The lowest BCUT2D eigenvalue weighted by Crippen LogP contribution is -2.40. The third kappa shape index (κ3) is 2.76. The summed E-state index contributed by atoms with van der Waals surface area (Å²) in [7, 11) is 0. The monoisotopic (exact) mass is 281 g/mol. The van der Waals surface area contributed by atoms with E-state index in [1.807, 2.05) is 13.8 Å². The molecule has 2 amide bonds. The first-order valence-electron chi connectivity index (χ1n) is 6.51. The molecule has 1 aromatic heterocycles. The van der Waals surface area contributed by atoms with E-state index in [1.165, 1.54) is 4.90 Å². The fraction of sp³-hybridized carbons (Fsp3) is 0.615. The summed E-state index contributed by atoms with van der Waals surface area (Å²) < 4.78 is 5.37. The molecule has 1 aliphatic rings. The zero-order chi connectivity index (χ0) is 14.9. The number of hydrogen-bond acceptors (Lipinski definition) is 4. The molecule has 2 N–H and O–H groups in total. The summed E-state index contributed by atoms with van der Waals surface area (Å²) in [5.74, 6) is 0.314. The van der Waals surface area contributed by atoms with Gasteiger partial charge in [0.25, 0.3) is 0 Å². The van der Waals surface area contributed by atoms with Gasteiger partial charge in [-0.3, -0.25) is 4.79 Å². The van der Waals surface area contributed by atoms with Gasteiger partial charge in [0.15, 0.2) is 0 Å². The van der Waals surface area contributed by atoms with Crippen LogP contribution < -0.4 is 5.32 Å². The molecule has 0 aliphatic carbocycles. The lowest BCUT2D eigenvalue weighted by atomic mass is 9.90. The number of carbonyl (C=O) groups is 2. The maximum atomic E-state index is 12.0. The van der Waals surface area contributed by atoms with Gasteiger partial charge in [-0.1, -0.05) is 0 Å². The summed E-state index contributed by atoms with van der Waals surface area (Å²) in [6.45, 7) is 6.17. The van der Waals surface area contributed by atoms with Crippen molar-refractivity contribution in [1.82, 2.24) is 15.2 Å². The molecule has 1 aromatic rings. The molecule has 0 bridgehead atoms. The van der Waals surface area contributed by atoms with E-state index in [0.717, 1.165) is 11.5 Å². The lowest BCUT2D eigenvalue weighted by Gasteiger charge is -2.20. The normalized spacial score (nSPS) is 22.1. The average Bonchev–Trinajstić information content (AvgIpc) is 2.92. The average molecular weight is 281 g/mol. The molecule has 0 aromatic carbocycles. The van der Waals surface area contributed by atoms with Crippen LogP contribution in [0.2, 0.25) is 0 Å². The molecule has 1 aliphatic heterocycles. The molecule has 2 heterocycles. The van der Waals surface area contributed by atoms with Gasteiger partial charge in [0.05, 0.1) is 17.7 Å². The van der Waals surface area contributed by atoms with Crippen LogP contribution in [0.25, 0.3) is 0 Å². The van der Waals surface area contributed by atoms with Crippen LogP contribution in [0.5, 0.6) is 0 Å². The van der Waals surface area contributed by atoms with Gasteiger partial charge in [0, 0.05) is 13.1 Å². The minimum absolute atomic E-state index is 0.202. The fourth-order valence-electron chi connectivity index (χ4n) is 2.19. The van der Waals surface area contributed by atoms with E-state index < -0.39 is 11.4 Å². The number of aryl methyl sites for hydroxylation is 2. The van der Waals surface area contributed by atoms with Crippen LogP contribution in [0, 0.1) is 19.3 Å². The summed E-state index contributed by atoms with van der Waals surface area (Å²) >= 11 is 0. The molecule has 0 radical (unpaired) electrons. The lowest BCUT2D eigenvalue weighted by molar-refractivity contribution is -0.147. The molecule has 110 valence electrons. The highest BCUT2D eigenvalue weighted by molar-refractivity contribution is 5.79. The van der Waals surface area contributed by atoms with Crippen molar-refractivity contribution in [2.75, 3.05) is 13.1 Å². The van der Waals surface area contributed by atoms with Crippen LogP contribution in [-0.4, -0.2) is 40.1 Å². The van der Waals surface area contributed by atoms with Gasteiger partial charge in [0.2, 0.25) is 5.89 Å². The van der Waals surface area contributed by atoms with Crippen molar-refractivity contribution in [2.45, 2.75) is 33.7 Å². The summed E-state index contributed by atoms with van der Waals surface area (Å²) in [5, 5.41) is 11.8. The van der Waals surface area contributed by atoms with E-state index in [2.05, 4.69) is 10.3 Å². The molecule has 1 unspecified atom stereocenters. The number of carbonyl (C=O) groups excluding carboxylic acids is 1. The van der Waals surface area contributed by atoms with Crippen LogP contribution in [0.4, 0.5) is 4.79 Å². The number of nitrogens with one attached hydrogen (secondary N) is 1. The molecule has 1 saturated heterocycles. The molecule has 1 atom stereocenters. The summed E-state index contributed by atoms with van der Waals surface area (Å²) in [6.07, 6.45) is 0.465. The van der Waals surface area contributed by atoms with E-state index >= 15 is 0 Å². The zero-order valence-electron chi connectivity index (χ0n) is 11.9. The Labute approximate surface area is 117 Å². The molecular formula is C13H19N3O4. The summed E-state index contributed by atoms with van der Waals surface area (Å²) in [5.41, 5.74) is -0.0538. The van der Waals surface area contributed by atoms with Gasteiger partial charge in [-0.2, -0.15) is 0 Å². The number of carboxylic acid groups (broad SMARTS) is 1. The number of aliphatic carboxylic acids is 1. The Balaban J connectivity index is 1.89. The first-order chi connectivity index (χ1) is 9.32. The predicted molar refractivity (Wildman–Crippen MR) is 70.1 cm³/mol. The number of amides is 2. The highest BCUT2D eigenvalue weighted by atomic mass is 16.4. The Kier molecular flexibility index (Phi) is 3.69. The molecule has 0 saturated carbocycles. The van der Waals surface area contributed by atoms with Gasteiger partial charge in [-0.15, -0.1) is 0 Å². The minimum atomic E-state index is -0.869. The smallest absolute Gasteiger partial charge is 0.317 e. The van der Waals surface area contributed by atoms with E-state index in [-0.39, 0.29) is 19.1 Å². The Bertz CT molecular complexity index is 520. The Morgan fingerprint density at radius 2 is 2.20 bits per heavy atom. The Hall–Kier alpha value is -2.05. The van der Waals surface area contributed by atoms with E-state index in [4.69, 9.17) is 9.52 Å². The van der Waals surface area contributed by atoms with Crippen LogP contribution in [0.1, 0.15) is 30.7 Å². The van der Waals surface area contributed by atoms with Crippen LogP contribution in [0.3, 0.4) is 0 Å². The number of likely N-dealkylation sites (tertiary alicyclic amines) is 1. The highest BCUT2D eigenvalue weighted by Crippen LogP contribution is 2.29. The molecule has 7 heteroatoms. The minimum Gasteiger partial charge on any atom is -0.481 e. The number of nitrogens with zero attached hydrogens (tertiary/aromatic N) is 2. The second-order valence-corrected chi connectivity index (χ2v) is 5.45. The Morgan fingerprint density at radius 3 is 2.70 bits per heavy atom. The number of hydrogen-bond donors (Lipinski definition) is 2. The van der Waals surface area contributed by atoms with Crippen molar-refractivity contribution in [1.29, 1.82) is 0 Å². The van der Waals surface area contributed by atoms with Gasteiger partial charge < -0.3 is 19.7 Å². The third-order valence-electron chi connectivity index (χ3n) is 3.74. The van der Waals surface area contributed by atoms with Gasteiger partial charge >= 0.3 is 12.0 Å². The SMILES string of the molecule is Cc1nc(CNC(=O)N2CCC(C)(C(=O)O)C2)oc1C. The number of oxazole rings is 1. The standard InChI is InChI=1S/C13H19N3O4/c1-8-9(2)20-10(15-8)6-14-12(19)16-5-4-13(3,7-16)11(17)18/h4-7H2,1-3H3,(H,14,19)(H,17,18). The maximum absolute atomic E-state index is 12.0. The van der Waals surface area contributed by atoms with Crippen LogP contribution in [-0.2, 0) is 11.3 Å². The third-order valence-corrected chi connectivity index (χ3v) is 3.74. The number of urea groups is 1. The number of carboxylic acids is 1. The van der Waals surface area contributed by atoms with Crippen molar-refractivity contribution >= 4 is 12.0 Å². The number of rotatable bonds is 3. The Morgan fingerprint density at radius 1 is 1.50 bits per heavy atom. The molecule has 0 spiro atoms. The quantitative estimate of drug-likeness (QED) is 0.870. The molecule has 20 heavy (non-hydrogen) atoms. The molecule has 7 nitrogen and oxygen atoms in total. The topological polar surface area (TPSA) is 95.7 Å². The van der Waals surface area contributed by atoms with Crippen molar-refractivity contribution in [3.8, 4) is 0 Å². The van der Waals surface area contributed by atoms with Crippen LogP contribution in [0.15, 0.2) is 4.42 Å². The van der Waals surface area contributed by atoms with Gasteiger partial charge in [-0.25, -0.2) is 9.78 Å². The molecular weight excluding hydrogens is 262 g/mol. The van der Waals surface area contributed by atoms with Crippen molar-refractivity contribution in [3.05, 3.63) is 17.3 Å². The summed E-state index contributed by atoms with van der Waals surface area (Å²) in [4.78, 5) is 28.8. The van der Waals surface area contributed by atoms with Crippen LogP contribution >= 0.6 is 0 Å². The number of aromatic nitrogens is 1. The first-order valence-corrected chi connectivity index (χ1v) is 6.51. The van der Waals surface area contributed by atoms with E-state index in [9.17, 15) is 9.59 Å². The fourth-order valence-corrected chi connectivity index (χ4v) is 2.19. The predicted octanol–water partition coefficient (Wildman–Crippen LogP) is 1.30. The first kappa shape index (κ1) is 14.4. The van der Waals surface area contributed by atoms with Gasteiger partial charge in [0.1, 0.15) is 5.76 Å². The highest BCUT2D eigenvalue weighted by Gasteiger charge is 2.42. The van der Waals surface area contributed by atoms with Crippen molar-refractivity contribution in [2.24, 2.45) is 5.41 Å². The molecule has 1 fully saturated rings. The summed E-state index contributed by atoms with van der Waals surface area (Å²) in [6, 6.07) is -0.288. The second-order valence-electron chi connectivity index (χ2n) is 5.45. The van der Waals surface area contributed by atoms with E-state index in [1.54, 1.807) is 6.92 Å². The maximum Gasteiger partial charge on any atom is 0.317 e. The van der Waals surface area contributed by atoms with E-state index in [0.29, 0.717) is 18.9 Å². The van der Waals surface area contributed by atoms with Crippen molar-refractivity contribution < 1.29 is 19.1 Å². The van der Waals surface area contributed by atoms with Gasteiger partial charge in [-0.05, 0) is 27.2 Å². The zero-order valence-corrected chi connectivity index (χ0v) is 11.9. The van der Waals surface area contributed by atoms with Crippen molar-refractivity contribution in [3.63, 3.8) is 0 Å². The second kappa shape index (κ2) is 5.15. The largest absolute Gasteiger partial charge is 0.481 e.